The van der Waals surface area contributed by atoms with Crippen molar-refractivity contribution in [1.29, 1.82) is 0 Å². The number of carbonyl (C=O) groups excluding carboxylic acids is 1. The van der Waals surface area contributed by atoms with Crippen molar-refractivity contribution in [1.82, 2.24) is 24.4 Å². The van der Waals surface area contributed by atoms with Crippen LogP contribution in [0.2, 0.25) is 0 Å². The number of ether oxygens (including phenoxy) is 1. The number of aromatic nitrogens is 5. The summed E-state index contributed by atoms with van der Waals surface area (Å²) in [6.07, 6.45) is 0. The van der Waals surface area contributed by atoms with E-state index < -0.39 is 11.7 Å². The summed E-state index contributed by atoms with van der Waals surface area (Å²) in [5.41, 5.74) is 3.21. The van der Waals surface area contributed by atoms with Crippen LogP contribution >= 0.6 is 11.5 Å². The number of rotatable bonds is 5. The molecule has 152 valence electrons. The summed E-state index contributed by atoms with van der Waals surface area (Å²) in [5, 5.41) is 11.3. The lowest BCUT2D eigenvalue weighted by molar-refractivity contribution is 0.102. The molecule has 2 aromatic carbocycles. The maximum Gasteiger partial charge on any atom is 0.257 e. The van der Waals surface area contributed by atoms with Crippen LogP contribution in [0.25, 0.3) is 17.2 Å². The van der Waals surface area contributed by atoms with E-state index in [2.05, 4.69) is 25.0 Å². The lowest BCUT2D eigenvalue weighted by Gasteiger charge is -2.10. The van der Waals surface area contributed by atoms with Crippen LogP contribution in [0.15, 0.2) is 42.5 Å². The number of anilines is 1. The summed E-state index contributed by atoms with van der Waals surface area (Å²) in [4.78, 5) is 16.6. The molecule has 0 spiro atoms. The number of nitrogens with one attached hydrogen (secondary N) is 1. The van der Waals surface area contributed by atoms with E-state index in [9.17, 15) is 9.18 Å². The summed E-state index contributed by atoms with van der Waals surface area (Å²) < 4.78 is 24.7. The van der Waals surface area contributed by atoms with Gasteiger partial charge in [-0.2, -0.15) is 9.36 Å². The summed E-state index contributed by atoms with van der Waals surface area (Å²) in [7, 11) is 1.59. The standard InChI is InChI=1S/C20H17FN6O2S/c1-11-7-8-16(29-3)15(9-11)27-12(2)17(24-26-27)18-22-20(30-25-18)23-19(28)13-5-4-6-14(21)10-13/h4-10H,1-3H3,(H,22,23,25,28). The zero-order chi connectivity index (χ0) is 21.3. The maximum absolute atomic E-state index is 13.3. The van der Waals surface area contributed by atoms with Crippen molar-refractivity contribution >= 4 is 22.6 Å². The Morgan fingerprint density at radius 2 is 2.03 bits per heavy atom. The molecule has 4 rings (SSSR count). The first-order valence-electron chi connectivity index (χ1n) is 8.94. The van der Waals surface area contributed by atoms with Gasteiger partial charge in [-0.3, -0.25) is 10.1 Å². The Morgan fingerprint density at radius 1 is 1.20 bits per heavy atom. The number of hydrogen-bond acceptors (Lipinski definition) is 7. The van der Waals surface area contributed by atoms with Gasteiger partial charge in [0.15, 0.2) is 11.5 Å². The highest BCUT2D eigenvalue weighted by Gasteiger charge is 2.19. The third kappa shape index (κ3) is 3.77. The number of benzene rings is 2. The topological polar surface area (TPSA) is 94.8 Å². The minimum atomic E-state index is -0.487. The van der Waals surface area contributed by atoms with E-state index in [4.69, 9.17) is 4.74 Å². The predicted octanol–water partition coefficient (Wildman–Crippen LogP) is 3.80. The fourth-order valence-corrected chi connectivity index (χ4v) is 3.47. The Hall–Kier alpha value is -3.66. The highest BCUT2D eigenvalue weighted by Crippen LogP contribution is 2.28. The molecule has 0 saturated carbocycles. The van der Waals surface area contributed by atoms with Gasteiger partial charge in [-0.15, -0.1) is 5.10 Å². The molecule has 0 bridgehead atoms. The van der Waals surface area contributed by atoms with Crippen LogP contribution in [0, 0.1) is 19.7 Å². The van der Waals surface area contributed by atoms with Crippen molar-refractivity contribution in [2.24, 2.45) is 0 Å². The molecular weight excluding hydrogens is 407 g/mol. The van der Waals surface area contributed by atoms with Gasteiger partial charge in [0, 0.05) is 17.1 Å². The molecule has 0 saturated heterocycles. The number of halogens is 1. The van der Waals surface area contributed by atoms with Crippen molar-refractivity contribution in [3.8, 4) is 23.0 Å². The van der Waals surface area contributed by atoms with Crippen LogP contribution in [0.5, 0.6) is 5.75 Å². The van der Waals surface area contributed by atoms with Crippen molar-refractivity contribution < 1.29 is 13.9 Å². The Bertz CT molecular complexity index is 1240. The zero-order valence-electron chi connectivity index (χ0n) is 16.4. The second kappa shape index (κ2) is 7.99. The number of aryl methyl sites for hydroxylation is 1. The monoisotopic (exact) mass is 424 g/mol. The van der Waals surface area contributed by atoms with Gasteiger partial charge < -0.3 is 4.74 Å². The maximum atomic E-state index is 13.3. The molecule has 0 aliphatic heterocycles. The number of carbonyl (C=O) groups is 1. The average Bonchev–Trinajstić information content (AvgIpc) is 3.34. The largest absolute Gasteiger partial charge is 0.494 e. The molecule has 0 radical (unpaired) electrons. The summed E-state index contributed by atoms with van der Waals surface area (Å²) in [5.74, 6) is 0.0424. The van der Waals surface area contributed by atoms with Crippen LogP contribution in [0.3, 0.4) is 0 Å². The normalized spacial score (nSPS) is 10.8. The molecule has 30 heavy (non-hydrogen) atoms. The molecule has 0 aliphatic rings. The minimum Gasteiger partial charge on any atom is -0.494 e. The van der Waals surface area contributed by atoms with Gasteiger partial charge in [-0.25, -0.2) is 9.07 Å². The van der Waals surface area contributed by atoms with Crippen LogP contribution in [-0.2, 0) is 0 Å². The fraction of sp³-hybridized carbons (Fsp3) is 0.150. The van der Waals surface area contributed by atoms with Crippen molar-refractivity contribution in [3.63, 3.8) is 0 Å². The Morgan fingerprint density at radius 3 is 2.80 bits per heavy atom. The molecule has 4 aromatic rings. The number of amides is 1. The first kappa shape index (κ1) is 19.6. The van der Waals surface area contributed by atoms with Crippen LogP contribution in [0.1, 0.15) is 21.6 Å². The molecule has 0 fully saturated rings. The Balaban J connectivity index is 1.60. The summed E-state index contributed by atoms with van der Waals surface area (Å²) in [6.45, 7) is 3.83. The molecule has 0 atom stereocenters. The highest BCUT2D eigenvalue weighted by atomic mass is 32.1. The molecule has 0 aliphatic carbocycles. The fourth-order valence-electron chi connectivity index (χ4n) is 2.90. The second-order valence-electron chi connectivity index (χ2n) is 6.50. The summed E-state index contributed by atoms with van der Waals surface area (Å²) >= 11 is 1.01. The van der Waals surface area contributed by atoms with Gasteiger partial charge in [0.05, 0.1) is 12.8 Å². The van der Waals surface area contributed by atoms with E-state index >= 15 is 0 Å². The van der Waals surface area contributed by atoms with E-state index in [0.717, 1.165) is 34.5 Å². The van der Waals surface area contributed by atoms with E-state index in [1.165, 1.54) is 18.2 Å². The molecular formula is C20H17FN6O2S. The smallest absolute Gasteiger partial charge is 0.257 e. The van der Waals surface area contributed by atoms with Gasteiger partial charge in [0.1, 0.15) is 17.3 Å². The van der Waals surface area contributed by atoms with Crippen molar-refractivity contribution in [2.75, 3.05) is 12.4 Å². The van der Waals surface area contributed by atoms with Gasteiger partial charge in [0.25, 0.3) is 5.91 Å². The van der Waals surface area contributed by atoms with E-state index in [0.29, 0.717) is 17.3 Å². The SMILES string of the molecule is COc1ccc(C)cc1-n1nnc(-c2nsc(NC(=O)c3cccc(F)c3)n2)c1C. The first-order valence-corrected chi connectivity index (χ1v) is 9.72. The molecule has 1 amide bonds. The predicted molar refractivity (Wildman–Crippen MR) is 111 cm³/mol. The molecule has 1 N–H and O–H groups in total. The van der Waals surface area contributed by atoms with Gasteiger partial charge >= 0.3 is 0 Å². The third-order valence-electron chi connectivity index (χ3n) is 4.40. The van der Waals surface area contributed by atoms with Crippen molar-refractivity contribution in [2.45, 2.75) is 13.8 Å². The van der Waals surface area contributed by atoms with Crippen LogP contribution in [0.4, 0.5) is 9.52 Å². The molecule has 0 unspecified atom stereocenters. The Kier molecular flexibility index (Phi) is 5.23. The summed E-state index contributed by atoms with van der Waals surface area (Å²) in [6, 6.07) is 11.2. The van der Waals surface area contributed by atoms with Gasteiger partial charge in [-0.05, 0) is 49.7 Å². The van der Waals surface area contributed by atoms with Crippen LogP contribution in [-0.4, -0.2) is 37.4 Å². The lowest BCUT2D eigenvalue weighted by Crippen LogP contribution is -2.11. The number of hydrogen-bond donors (Lipinski definition) is 1. The van der Waals surface area contributed by atoms with E-state index in [-0.39, 0.29) is 10.7 Å². The molecule has 8 nitrogen and oxygen atoms in total. The molecule has 10 heteroatoms. The number of methoxy groups -OCH3 is 1. The third-order valence-corrected chi connectivity index (χ3v) is 5.03. The van der Waals surface area contributed by atoms with Crippen LogP contribution < -0.4 is 10.1 Å². The van der Waals surface area contributed by atoms with Gasteiger partial charge in [0.2, 0.25) is 5.13 Å². The average molecular weight is 424 g/mol. The van der Waals surface area contributed by atoms with E-state index in [1.54, 1.807) is 11.8 Å². The highest BCUT2D eigenvalue weighted by molar-refractivity contribution is 7.10. The molecule has 2 heterocycles. The van der Waals surface area contributed by atoms with E-state index in [1.807, 2.05) is 32.0 Å². The zero-order valence-corrected chi connectivity index (χ0v) is 17.2. The lowest BCUT2D eigenvalue weighted by atomic mass is 10.2. The Labute approximate surface area is 175 Å². The van der Waals surface area contributed by atoms with Crippen molar-refractivity contribution in [3.05, 3.63) is 65.1 Å². The minimum absolute atomic E-state index is 0.195. The quantitative estimate of drug-likeness (QED) is 0.524. The number of nitrogens with zero attached hydrogens (tertiary/aromatic N) is 5. The van der Waals surface area contributed by atoms with Gasteiger partial charge in [-0.1, -0.05) is 17.3 Å². The molecule has 2 aromatic heterocycles. The second-order valence-corrected chi connectivity index (χ2v) is 7.25. The first-order chi connectivity index (χ1) is 14.5.